The van der Waals surface area contributed by atoms with Crippen molar-refractivity contribution in [3.63, 3.8) is 0 Å². The van der Waals surface area contributed by atoms with Gasteiger partial charge in [0.25, 0.3) is 0 Å². The largest absolute Gasteiger partial charge is 0.508 e. The van der Waals surface area contributed by atoms with Crippen LogP contribution in [0.4, 0.5) is 0 Å². The molecule has 1 aliphatic rings. The maximum atomic E-state index is 12.2. The number of carboxylic acid groups (broad SMARTS) is 1. The van der Waals surface area contributed by atoms with Gasteiger partial charge in [-0.25, -0.2) is 4.79 Å². The van der Waals surface area contributed by atoms with Gasteiger partial charge >= 0.3 is 5.97 Å². The molecule has 5 heteroatoms. The fourth-order valence-electron chi connectivity index (χ4n) is 3.32. The second-order valence-electron chi connectivity index (χ2n) is 6.76. The first-order valence-corrected chi connectivity index (χ1v) is 9.16. The van der Waals surface area contributed by atoms with Gasteiger partial charge < -0.3 is 15.5 Å². The van der Waals surface area contributed by atoms with E-state index >= 15 is 0 Å². The van der Waals surface area contributed by atoms with Gasteiger partial charge in [0.1, 0.15) is 5.75 Å². The molecule has 140 valence electrons. The molecule has 0 unspecified atom stereocenters. The van der Waals surface area contributed by atoms with Gasteiger partial charge in [0.05, 0.1) is 5.57 Å². The number of amides is 1. The van der Waals surface area contributed by atoms with Crippen molar-refractivity contribution in [2.45, 2.75) is 38.5 Å². The van der Waals surface area contributed by atoms with Crippen LogP contribution in [0.5, 0.6) is 5.75 Å². The summed E-state index contributed by atoms with van der Waals surface area (Å²) in [6, 6.07) is 14.9. The Labute approximate surface area is 158 Å². The van der Waals surface area contributed by atoms with E-state index < -0.39 is 5.97 Å². The van der Waals surface area contributed by atoms with Gasteiger partial charge in [-0.3, -0.25) is 4.79 Å². The molecule has 0 aromatic heterocycles. The summed E-state index contributed by atoms with van der Waals surface area (Å²) < 4.78 is 0. The average Bonchev–Trinajstić information content (AvgIpc) is 2.67. The first-order valence-electron chi connectivity index (χ1n) is 9.16. The van der Waals surface area contributed by atoms with Crippen LogP contribution in [0.25, 0.3) is 11.1 Å². The summed E-state index contributed by atoms with van der Waals surface area (Å²) in [6.07, 6.45) is 3.78. The molecule has 1 aliphatic carbocycles. The number of allylic oxidation sites excluding steroid dienone is 1. The van der Waals surface area contributed by atoms with Crippen LogP contribution in [0.2, 0.25) is 0 Å². The summed E-state index contributed by atoms with van der Waals surface area (Å²) in [5, 5.41) is 21.6. The Morgan fingerprint density at radius 3 is 2.41 bits per heavy atom. The normalized spacial score (nSPS) is 14.1. The van der Waals surface area contributed by atoms with Crippen molar-refractivity contribution in [2.24, 2.45) is 0 Å². The van der Waals surface area contributed by atoms with Gasteiger partial charge in [-0.1, -0.05) is 36.4 Å². The van der Waals surface area contributed by atoms with Crippen LogP contribution in [0.15, 0.2) is 59.8 Å². The fraction of sp³-hybridized carbons (Fsp3) is 0.273. The molecule has 0 aliphatic heterocycles. The van der Waals surface area contributed by atoms with Gasteiger partial charge in [-0.05, 0) is 60.9 Å². The molecular formula is C22H23NO4. The van der Waals surface area contributed by atoms with E-state index in [1.165, 1.54) is 0 Å². The zero-order valence-electron chi connectivity index (χ0n) is 15.1. The molecule has 27 heavy (non-hydrogen) atoms. The Morgan fingerprint density at radius 2 is 1.70 bits per heavy atom. The van der Waals surface area contributed by atoms with Crippen molar-refractivity contribution in [3.05, 3.63) is 65.4 Å². The van der Waals surface area contributed by atoms with E-state index in [0.29, 0.717) is 37.0 Å². The Hall–Kier alpha value is -3.08. The third-order valence-corrected chi connectivity index (χ3v) is 4.79. The molecule has 2 aromatic carbocycles. The minimum absolute atomic E-state index is 0.150. The number of carboxylic acids is 1. The van der Waals surface area contributed by atoms with E-state index in [4.69, 9.17) is 0 Å². The fourth-order valence-corrected chi connectivity index (χ4v) is 3.32. The lowest BCUT2D eigenvalue weighted by atomic mass is 9.96. The lowest BCUT2D eigenvalue weighted by molar-refractivity contribution is -0.133. The van der Waals surface area contributed by atoms with Crippen molar-refractivity contribution in [2.75, 3.05) is 0 Å². The standard InChI is InChI=1S/C22H23NO4/c24-18-5-3-4-17(14-18)16-11-8-15(9-12-16)10-13-21(25)23-20-7-2-1-6-19(20)22(26)27/h3-5,8-9,11-12,14,24H,1-2,6-7,10,13H2,(H,23,25)(H,26,27). The number of carbonyl (C=O) groups is 2. The Kier molecular flexibility index (Phi) is 5.91. The maximum Gasteiger partial charge on any atom is 0.333 e. The third kappa shape index (κ3) is 4.97. The first-order chi connectivity index (χ1) is 13.0. The number of phenols is 1. The summed E-state index contributed by atoms with van der Waals surface area (Å²) in [5.74, 6) is -0.860. The number of phenolic OH excluding ortho intramolecular Hbond substituents is 1. The van der Waals surface area contributed by atoms with Crippen LogP contribution in [-0.4, -0.2) is 22.1 Å². The number of hydrogen-bond donors (Lipinski definition) is 3. The summed E-state index contributed by atoms with van der Waals surface area (Å²) in [7, 11) is 0. The quantitative estimate of drug-likeness (QED) is 0.722. The lowest BCUT2D eigenvalue weighted by Gasteiger charge is -2.18. The van der Waals surface area contributed by atoms with Crippen LogP contribution in [0.3, 0.4) is 0 Å². The third-order valence-electron chi connectivity index (χ3n) is 4.79. The SMILES string of the molecule is O=C(CCc1ccc(-c2cccc(O)c2)cc1)NC1=C(C(=O)O)CCCC1. The smallest absolute Gasteiger partial charge is 0.333 e. The topological polar surface area (TPSA) is 86.6 Å². The lowest BCUT2D eigenvalue weighted by Crippen LogP contribution is -2.27. The summed E-state index contributed by atoms with van der Waals surface area (Å²) in [4.78, 5) is 23.5. The minimum atomic E-state index is -0.937. The maximum absolute atomic E-state index is 12.2. The van der Waals surface area contributed by atoms with E-state index in [0.717, 1.165) is 29.5 Å². The van der Waals surface area contributed by atoms with Crippen LogP contribution in [0.1, 0.15) is 37.7 Å². The van der Waals surface area contributed by atoms with Gasteiger partial charge in [-0.15, -0.1) is 0 Å². The highest BCUT2D eigenvalue weighted by Gasteiger charge is 2.19. The second kappa shape index (κ2) is 8.54. The van der Waals surface area contributed by atoms with Gasteiger partial charge in [0.15, 0.2) is 0 Å². The van der Waals surface area contributed by atoms with E-state index in [2.05, 4.69) is 5.32 Å². The monoisotopic (exact) mass is 365 g/mol. The molecule has 5 nitrogen and oxygen atoms in total. The van der Waals surface area contributed by atoms with E-state index in [1.807, 2.05) is 30.3 Å². The molecule has 0 saturated carbocycles. The molecule has 0 heterocycles. The number of aliphatic carboxylic acids is 1. The number of carbonyl (C=O) groups excluding carboxylic acids is 1. The molecule has 0 spiro atoms. The molecule has 0 atom stereocenters. The zero-order chi connectivity index (χ0) is 19.2. The second-order valence-corrected chi connectivity index (χ2v) is 6.76. The highest BCUT2D eigenvalue weighted by molar-refractivity contribution is 5.89. The summed E-state index contributed by atoms with van der Waals surface area (Å²) >= 11 is 0. The van der Waals surface area contributed by atoms with Crippen molar-refractivity contribution in [1.82, 2.24) is 5.32 Å². The average molecular weight is 365 g/mol. The van der Waals surface area contributed by atoms with Gasteiger partial charge in [0.2, 0.25) is 5.91 Å². The molecule has 0 fully saturated rings. The molecule has 0 saturated heterocycles. The first kappa shape index (κ1) is 18.7. The van der Waals surface area contributed by atoms with Crippen molar-refractivity contribution in [1.29, 1.82) is 0 Å². The van der Waals surface area contributed by atoms with Crippen molar-refractivity contribution < 1.29 is 19.8 Å². The molecular weight excluding hydrogens is 342 g/mol. The van der Waals surface area contributed by atoms with E-state index in [-0.39, 0.29) is 11.7 Å². The van der Waals surface area contributed by atoms with Crippen molar-refractivity contribution >= 4 is 11.9 Å². The predicted octanol–water partition coefficient (Wildman–Crippen LogP) is 4.02. The molecule has 0 radical (unpaired) electrons. The van der Waals surface area contributed by atoms with Crippen LogP contribution >= 0.6 is 0 Å². The van der Waals surface area contributed by atoms with E-state index in [9.17, 15) is 19.8 Å². The summed E-state index contributed by atoms with van der Waals surface area (Å²) in [6.45, 7) is 0. The zero-order valence-corrected chi connectivity index (χ0v) is 15.1. The molecule has 1 amide bonds. The number of benzene rings is 2. The van der Waals surface area contributed by atoms with Gasteiger partial charge in [0, 0.05) is 12.1 Å². The number of aromatic hydroxyl groups is 1. The Bertz CT molecular complexity index is 868. The Morgan fingerprint density at radius 1 is 0.963 bits per heavy atom. The van der Waals surface area contributed by atoms with E-state index in [1.54, 1.807) is 18.2 Å². The van der Waals surface area contributed by atoms with Gasteiger partial charge in [-0.2, -0.15) is 0 Å². The highest BCUT2D eigenvalue weighted by Crippen LogP contribution is 2.24. The minimum Gasteiger partial charge on any atom is -0.508 e. The highest BCUT2D eigenvalue weighted by atomic mass is 16.4. The van der Waals surface area contributed by atoms with Crippen LogP contribution < -0.4 is 5.32 Å². The number of aryl methyl sites for hydroxylation is 1. The predicted molar refractivity (Wildman–Crippen MR) is 103 cm³/mol. The number of nitrogens with one attached hydrogen (secondary N) is 1. The number of rotatable bonds is 6. The molecule has 3 N–H and O–H groups in total. The number of hydrogen-bond acceptors (Lipinski definition) is 3. The molecule has 0 bridgehead atoms. The van der Waals surface area contributed by atoms with Crippen LogP contribution in [0, 0.1) is 0 Å². The molecule has 3 rings (SSSR count). The van der Waals surface area contributed by atoms with Crippen molar-refractivity contribution in [3.8, 4) is 16.9 Å². The Balaban J connectivity index is 1.58. The van der Waals surface area contributed by atoms with Crippen LogP contribution in [-0.2, 0) is 16.0 Å². The summed E-state index contributed by atoms with van der Waals surface area (Å²) in [5.41, 5.74) is 3.87. The molecule has 2 aromatic rings.